The standard InChI is InChI=1S/C22H18FN3O2S2/c23-17-7-8-21(16-4-3-11-24-22(16)17)30(27,28)25-18-5-1-2-6-19(18)26-12-9-20-15(14-26)10-13-29-20/h1-8,10-11,13,25H,9,12,14H2. The first-order chi connectivity index (χ1) is 14.5. The molecule has 0 fully saturated rings. The second kappa shape index (κ2) is 7.37. The van der Waals surface area contributed by atoms with Crippen LogP contribution in [0.4, 0.5) is 15.8 Å². The summed E-state index contributed by atoms with van der Waals surface area (Å²) in [6, 6.07) is 15.1. The van der Waals surface area contributed by atoms with E-state index in [4.69, 9.17) is 0 Å². The maximum Gasteiger partial charge on any atom is 0.262 e. The van der Waals surface area contributed by atoms with E-state index in [0.29, 0.717) is 5.69 Å². The van der Waals surface area contributed by atoms with E-state index in [0.717, 1.165) is 31.3 Å². The zero-order chi connectivity index (χ0) is 20.7. The monoisotopic (exact) mass is 439 g/mol. The maximum atomic E-state index is 14.1. The Hall–Kier alpha value is -2.97. The Bertz CT molecular complexity index is 1350. The van der Waals surface area contributed by atoms with E-state index in [1.165, 1.54) is 22.7 Å². The number of para-hydroxylation sites is 2. The number of sulfonamides is 1. The van der Waals surface area contributed by atoms with Gasteiger partial charge in [0, 0.05) is 29.5 Å². The summed E-state index contributed by atoms with van der Waals surface area (Å²) >= 11 is 1.76. The molecule has 152 valence electrons. The van der Waals surface area contributed by atoms with Gasteiger partial charge in [0.2, 0.25) is 0 Å². The molecule has 8 heteroatoms. The Balaban J connectivity index is 1.52. The number of aromatic nitrogens is 1. The maximum absolute atomic E-state index is 14.1. The number of hydrogen-bond acceptors (Lipinski definition) is 5. The van der Waals surface area contributed by atoms with Crippen LogP contribution in [-0.2, 0) is 23.0 Å². The van der Waals surface area contributed by atoms with Crippen molar-refractivity contribution in [3.63, 3.8) is 0 Å². The Morgan fingerprint density at radius 2 is 1.93 bits per heavy atom. The van der Waals surface area contributed by atoms with Crippen molar-refractivity contribution in [3.8, 4) is 0 Å². The van der Waals surface area contributed by atoms with Gasteiger partial charge in [-0.25, -0.2) is 12.8 Å². The lowest BCUT2D eigenvalue weighted by atomic mass is 10.1. The zero-order valence-corrected chi connectivity index (χ0v) is 17.5. The van der Waals surface area contributed by atoms with Gasteiger partial charge in [0.15, 0.2) is 0 Å². The predicted molar refractivity (Wildman–Crippen MR) is 118 cm³/mol. The molecular formula is C22H18FN3O2S2. The van der Waals surface area contributed by atoms with Crippen LogP contribution in [0.5, 0.6) is 0 Å². The average Bonchev–Trinajstić information content (AvgIpc) is 3.22. The summed E-state index contributed by atoms with van der Waals surface area (Å²) < 4.78 is 43.3. The third-order valence-corrected chi connectivity index (χ3v) is 7.71. The molecular weight excluding hydrogens is 421 g/mol. The number of fused-ring (bicyclic) bond motifs is 2. The van der Waals surface area contributed by atoms with E-state index in [-0.39, 0.29) is 15.8 Å². The van der Waals surface area contributed by atoms with Crippen molar-refractivity contribution in [2.24, 2.45) is 0 Å². The van der Waals surface area contributed by atoms with Crippen molar-refractivity contribution in [3.05, 3.63) is 82.4 Å². The molecule has 2 aromatic carbocycles. The number of nitrogens with zero attached hydrogens (tertiary/aromatic N) is 2. The zero-order valence-electron chi connectivity index (χ0n) is 15.9. The minimum atomic E-state index is -3.95. The Kier molecular flexibility index (Phi) is 4.67. The topological polar surface area (TPSA) is 62.3 Å². The Morgan fingerprint density at radius 3 is 2.83 bits per heavy atom. The van der Waals surface area contributed by atoms with Crippen LogP contribution in [0.3, 0.4) is 0 Å². The molecule has 5 rings (SSSR count). The van der Waals surface area contributed by atoms with Gasteiger partial charge in [0.25, 0.3) is 10.0 Å². The van der Waals surface area contributed by atoms with Gasteiger partial charge in [-0.15, -0.1) is 11.3 Å². The second-order valence-corrected chi connectivity index (χ2v) is 9.76. The molecule has 0 spiro atoms. The van der Waals surface area contributed by atoms with Gasteiger partial charge < -0.3 is 4.90 Å². The van der Waals surface area contributed by atoms with Crippen molar-refractivity contribution in [1.82, 2.24) is 4.98 Å². The third-order valence-electron chi connectivity index (χ3n) is 5.27. The molecule has 1 N–H and O–H groups in total. The second-order valence-electron chi connectivity index (χ2n) is 7.11. The van der Waals surface area contributed by atoms with Crippen LogP contribution >= 0.6 is 11.3 Å². The molecule has 0 atom stereocenters. The van der Waals surface area contributed by atoms with E-state index >= 15 is 0 Å². The van der Waals surface area contributed by atoms with E-state index in [9.17, 15) is 12.8 Å². The summed E-state index contributed by atoms with van der Waals surface area (Å²) in [7, 11) is -3.95. The van der Waals surface area contributed by atoms with E-state index < -0.39 is 15.8 Å². The number of pyridine rings is 1. The van der Waals surface area contributed by atoms with Crippen LogP contribution < -0.4 is 9.62 Å². The van der Waals surface area contributed by atoms with Crippen LogP contribution in [0.15, 0.2) is 71.1 Å². The first-order valence-electron chi connectivity index (χ1n) is 9.48. The summed E-state index contributed by atoms with van der Waals surface area (Å²) in [5.74, 6) is -0.551. The summed E-state index contributed by atoms with van der Waals surface area (Å²) in [6.07, 6.45) is 2.38. The third kappa shape index (κ3) is 3.32. The van der Waals surface area contributed by atoms with Crippen molar-refractivity contribution in [1.29, 1.82) is 0 Å². The molecule has 30 heavy (non-hydrogen) atoms. The summed E-state index contributed by atoms with van der Waals surface area (Å²) in [6.45, 7) is 1.55. The molecule has 3 heterocycles. The fourth-order valence-corrected chi connectivity index (χ4v) is 6.00. The number of hydrogen-bond donors (Lipinski definition) is 1. The fraction of sp³-hybridized carbons (Fsp3) is 0.136. The minimum Gasteiger partial charge on any atom is -0.365 e. The lowest BCUT2D eigenvalue weighted by Gasteiger charge is -2.30. The summed E-state index contributed by atoms with van der Waals surface area (Å²) in [5.41, 5.74) is 2.63. The van der Waals surface area contributed by atoms with E-state index in [2.05, 4.69) is 26.1 Å². The molecule has 0 amide bonds. The van der Waals surface area contributed by atoms with E-state index in [1.54, 1.807) is 35.6 Å². The fourth-order valence-electron chi connectivity index (χ4n) is 3.84. The number of halogens is 1. The number of benzene rings is 2. The van der Waals surface area contributed by atoms with Gasteiger partial charge in [0.1, 0.15) is 11.3 Å². The minimum absolute atomic E-state index is 0.000526. The molecule has 0 saturated carbocycles. The van der Waals surface area contributed by atoms with Gasteiger partial charge in [-0.2, -0.15) is 0 Å². The van der Waals surface area contributed by atoms with Crippen LogP contribution in [0.1, 0.15) is 10.4 Å². The van der Waals surface area contributed by atoms with Crippen molar-refractivity contribution < 1.29 is 12.8 Å². The lowest BCUT2D eigenvalue weighted by Crippen LogP contribution is -2.30. The highest BCUT2D eigenvalue weighted by atomic mass is 32.2. The lowest BCUT2D eigenvalue weighted by molar-refractivity contribution is 0.601. The highest BCUT2D eigenvalue weighted by Gasteiger charge is 2.24. The van der Waals surface area contributed by atoms with Crippen LogP contribution in [0.2, 0.25) is 0 Å². The van der Waals surface area contributed by atoms with Crippen LogP contribution in [0.25, 0.3) is 10.9 Å². The SMILES string of the molecule is O=S(=O)(Nc1ccccc1N1CCc2sccc2C1)c1ccc(F)c2ncccc12. The number of nitrogens with one attached hydrogen (secondary N) is 1. The summed E-state index contributed by atoms with van der Waals surface area (Å²) in [5, 5.41) is 2.35. The van der Waals surface area contributed by atoms with Gasteiger partial charge in [-0.05, 0) is 59.8 Å². The van der Waals surface area contributed by atoms with Gasteiger partial charge in [-0.1, -0.05) is 12.1 Å². The first-order valence-corrected chi connectivity index (χ1v) is 11.8. The predicted octanol–water partition coefficient (Wildman–Crippen LogP) is 4.80. The highest BCUT2D eigenvalue weighted by molar-refractivity contribution is 7.93. The van der Waals surface area contributed by atoms with Crippen molar-refractivity contribution in [2.45, 2.75) is 17.9 Å². The smallest absolute Gasteiger partial charge is 0.262 e. The van der Waals surface area contributed by atoms with Gasteiger partial charge in [-0.3, -0.25) is 9.71 Å². The van der Waals surface area contributed by atoms with Crippen molar-refractivity contribution in [2.75, 3.05) is 16.2 Å². The Labute approximate surface area is 177 Å². The summed E-state index contributed by atoms with van der Waals surface area (Å²) in [4.78, 5) is 7.56. The number of anilines is 2. The van der Waals surface area contributed by atoms with Gasteiger partial charge in [0.05, 0.1) is 16.3 Å². The number of thiophene rings is 1. The van der Waals surface area contributed by atoms with Gasteiger partial charge >= 0.3 is 0 Å². The average molecular weight is 440 g/mol. The molecule has 0 bridgehead atoms. The molecule has 0 radical (unpaired) electrons. The normalized spacial score (nSPS) is 14.0. The van der Waals surface area contributed by atoms with Crippen LogP contribution in [-0.4, -0.2) is 19.9 Å². The Morgan fingerprint density at radius 1 is 1.07 bits per heavy atom. The van der Waals surface area contributed by atoms with E-state index in [1.807, 2.05) is 12.1 Å². The molecule has 5 nitrogen and oxygen atoms in total. The molecule has 0 aliphatic carbocycles. The number of rotatable bonds is 4. The molecule has 0 saturated heterocycles. The largest absolute Gasteiger partial charge is 0.365 e. The van der Waals surface area contributed by atoms with Crippen molar-refractivity contribution >= 4 is 43.6 Å². The molecule has 1 aliphatic rings. The first kappa shape index (κ1) is 19.0. The molecule has 1 aliphatic heterocycles. The molecule has 0 unspecified atom stereocenters. The molecule has 2 aromatic heterocycles. The molecule has 4 aromatic rings. The van der Waals surface area contributed by atoms with Crippen LogP contribution in [0, 0.1) is 5.82 Å². The highest BCUT2D eigenvalue weighted by Crippen LogP contribution is 2.34. The quantitative estimate of drug-likeness (QED) is 0.496.